The second-order valence-electron chi connectivity index (χ2n) is 4.98. The molecule has 1 aromatic carbocycles. The predicted octanol–water partition coefficient (Wildman–Crippen LogP) is 1.40. The van der Waals surface area contributed by atoms with E-state index >= 15 is 0 Å². The Morgan fingerprint density at radius 3 is 2.67 bits per heavy atom. The third-order valence-electron chi connectivity index (χ3n) is 3.39. The highest BCUT2D eigenvalue weighted by molar-refractivity contribution is 5.82. The number of para-hydroxylation sites is 2. The highest BCUT2D eigenvalue weighted by atomic mass is 16.6. The van der Waals surface area contributed by atoms with Crippen LogP contribution in [0.25, 0.3) is 0 Å². The molecule has 1 aliphatic rings. The Balaban J connectivity index is 2.04. The van der Waals surface area contributed by atoms with Crippen molar-refractivity contribution < 1.29 is 24.2 Å². The van der Waals surface area contributed by atoms with Gasteiger partial charge >= 0.3 is 5.97 Å². The normalized spacial score (nSPS) is 17.9. The quantitative estimate of drug-likeness (QED) is 0.888. The maximum Gasteiger partial charge on any atom is 0.308 e. The number of aliphatic carboxylic acids is 1. The molecule has 6 heteroatoms. The molecule has 21 heavy (non-hydrogen) atoms. The Kier molecular flexibility index (Phi) is 4.67. The molecule has 0 radical (unpaired) electrons. The summed E-state index contributed by atoms with van der Waals surface area (Å²) in [7, 11) is 0. The summed E-state index contributed by atoms with van der Waals surface area (Å²) in [5, 5.41) is 8.95. The molecule has 1 aliphatic heterocycles. The molecule has 2 rings (SSSR count). The number of hydrogen-bond acceptors (Lipinski definition) is 4. The highest BCUT2D eigenvalue weighted by Gasteiger charge is 2.31. The SMILES string of the molecule is CCN(CC(C)C(=O)O)C(=O)C1COc2ccccc2O1. The van der Waals surface area contributed by atoms with Gasteiger partial charge in [-0.2, -0.15) is 0 Å². The first-order chi connectivity index (χ1) is 10.0. The average molecular weight is 293 g/mol. The fourth-order valence-corrected chi connectivity index (χ4v) is 2.13. The Bertz CT molecular complexity index is 531. The van der Waals surface area contributed by atoms with Gasteiger partial charge in [-0.15, -0.1) is 0 Å². The van der Waals surface area contributed by atoms with E-state index in [2.05, 4.69) is 0 Å². The van der Waals surface area contributed by atoms with Crippen LogP contribution in [0.3, 0.4) is 0 Å². The number of hydrogen-bond donors (Lipinski definition) is 1. The molecular weight excluding hydrogens is 274 g/mol. The Hall–Kier alpha value is -2.24. The van der Waals surface area contributed by atoms with E-state index in [4.69, 9.17) is 14.6 Å². The van der Waals surface area contributed by atoms with E-state index < -0.39 is 18.0 Å². The first-order valence-corrected chi connectivity index (χ1v) is 6.93. The monoisotopic (exact) mass is 293 g/mol. The summed E-state index contributed by atoms with van der Waals surface area (Å²) in [6.45, 7) is 4.10. The van der Waals surface area contributed by atoms with Crippen molar-refractivity contribution in [3.8, 4) is 11.5 Å². The van der Waals surface area contributed by atoms with Crippen LogP contribution in [0.4, 0.5) is 0 Å². The molecule has 0 aromatic heterocycles. The molecule has 0 saturated carbocycles. The van der Waals surface area contributed by atoms with E-state index in [1.54, 1.807) is 25.1 Å². The van der Waals surface area contributed by atoms with E-state index in [0.717, 1.165) is 0 Å². The van der Waals surface area contributed by atoms with Crippen molar-refractivity contribution in [2.24, 2.45) is 5.92 Å². The molecular formula is C15H19NO5. The zero-order valence-corrected chi connectivity index (χ0v) is 12.1. The van der Waals surface area contributed by atoms with Crippen LogP contribution >= 0.6 is 0 Å². The van der Waals surface area contributed by atoms with Crippen LogP contribution < -0.4 is 9.47 Å². The van der Waals surface area contributed by atoms with Crippen LogP contribution in [0.1, 0.15) is 13.8 Å². The van der Waals surface area contributed by atoms with Crippen molar-refractivity contribution >= 4 is 11.9 Å². The average Bonchev–Trinajstić information content (AvgIpc) is 2.51. The number of carbonyl (C=O) groups excluding carboxylic acids is 1. The van der Waals surface area contributed by atoms with E-state index in [0.29, 0.717) is 18.0 Å². The number of ether oxygens (including phenoxy) is 2. The van der Waals surface area contributed by atoms with Crippen molar-refractivity contribution in [2.75, 3.05) is 19.7 Å². The lowest BCUT2D eigenvalue weighted by molar-refractivity contribution is -0.146. The third kappa shape index (κ3) is 3.45. The molecule has 0 spiro atoms. The number of amides is 1. The number of rotatable bonds is 5. The van der Waals surface area contributed by atoms with E-state index in [9.17, 15) is 9.59 Å². The smallest absolute Gasteiger partial charge is 0.308 e. The number of likely N-dealkylation sites (N-methyl/N-ethyl adjacent to an activating group) is 1. The molecule has 6 nitrogen and oxygen atoms in total. The molecule has 1 amide bonds. The summed E-state index contributed by atoms with van der Waals surface area (Å²) < 4.78 is 11.2. The highest BCUT2D eigenvalue weighted by Crippen LogP contribution is 2.31. The molecule has 0 bridgehead atoms. The minimum atomic E-state index is -0.924. The molecule has 2 unspecified atom stereocenters. The fourth-order valence-electron chi connectivity index (χ4n) is 2.13. The van der Waals surface area contributed by atoms with Gasteiger partial charge in [-0.05, 0) is 19.1 Å². The molecule has 1 N–H and O–H groups in total. The van der Waals surface area contributed by atoms with Crippen LogP contribution in [-0.4, -0.2) is 47.7 Å². The van der Waals surface area contributed by atoms with Gasteiger partial charge in [-0.1, -0.05) is 19.1 Å². The van der Waals surface area contributed by atoms with Gasteiger partial charge in [0.2, 0.25) is 6.10 Å². The van der Waals surface area contributed by atoms with Gasteiger partial charge in [-0.3, -0.25) is 9.59 Å². The minimum Gasteiger partial charge on any atom is -0.485 e. The Labute approximate surface area is 123 Å². The fraction of sp³-hybridized carbons (Fsp3) is 0.467. The summed E-state index contributed by atoms with van der Waals surface area (Å²) in [5.41, 5.74) is 0. The largest absolute Gasteiger partial charge is 0.485 e. The summed E-state index contributed by atoms with van der Waals surface area (Å²) in [6, 6.07) is 7.15. The van der Waals surface area contributed by atoms with Crippen LogP contribution in [0, 0.1) is 5.92 Å². The van der Waals surface area contributed by atoms with Gasteiger partial charge in [0.15, 0.2) is 11.5 Å². The van der Waals surface area contributed by atoms with Crippen LogP contribution in [0.15, 0.2) is 24.3 Å². The first kappa shape index (κ1) is 15.2. The lowest BCUT2D eigenvalue weighted by atomic mass is 10.1. The van der Waals surface area contributed by atoms with Crippen LogP contribution in [0.5, 0.6) is 11.5 Å². The van der Waals surface area contributed by atoms with Gasteiger partial charge in [-0.25, -0.2) is 0 Å². The summed E-state index contributed by atoms with van der Waals surface area (Å²) in [4.78, 5) is 24.8. The second kappa shape index (κ2) is 6.47. The number of carboxylic acids is 1. The Morgan fingerprint density at radius 1 is 1.38 bits per heavy atom. The summed E-state index contributed by atoms with van der Waals surface area (Å²) in [5.74, 6) is -0.647. The van der Waals surface area contributed by atoms with E-state index in [1.165, 1.54) is 4.90 Å². The molecule has 0 fully saturated rings. The number of nitrogens with zero attached hydrogens (tertiary/aromatic N) is 1. The minimum absolute atomic E-state index is 0.133. The zero-order valence-electron chi connectivity index (χ0n) is 12.1. The molecule has 1 heterocycles. The van der Waals surface area contributed by atoms with E-state index in [1.807, 2.05) is 13.0 Å². The van der Waals surface area contributed by atoms with Gasteiger partial charge in [0.1, 0.15) is 6.61 Å². The van der Waals surface area contributed by atoms with Crippen molar-refractivity contribution in [1.29, 1.82) is 0 Å². The van der Waals surface area contributed by atoms with Crippen molar-refractivity contribution in [2.45, 2.75) is 20.0 Å². The first-order valence-electron chi connectivity index (χ1n) is 6.93. The summed E-state index contributed by atoms with van der Waals surface area (Å²) in [6.07, 6.45) is -0.735. The zero-order chi connectivity index (χ0) is 15.4. The maximum atomic E-state index is 12.4. The molecule has 0 aliphatic carbocycles. The van der Waals surface area contributed by atoms with Crippen molar-refractivity contribution in [3.63, 3.8) is 0 Å². The number of fused-ring (bicyclic) bond motifs is 1. The number of benzene rings is 1. The van der Waals surface area contributed by atoms with Gasteiger partial charge in [0.25, 0.3) is 5.91 Å². The van der Waals surface area contributed by atoms with Crippen molar-refractivity contribution in [1.82, 2.24) is 4.90 Å². The van der Waals surface area contributed by atoms with Gasteiger partial charge in [0, 0.05) is 13.1 Å². The van der Waals surface area contributed by atoms with Crippen LogP contribution in [-0.2, 0) is 9.59 Å². The lowest BCUT2D eigenvalue weighted by Gasteiger charge is -2.30. The predicted molar refractivity (Wildman–Crippen MR) is 75.4 cm³/mol. The van der Waals surface area contributed by atoms with Gasteiger partial charge < -0.3 is 19.5 Å². The van der Waals surface area contributed by atoms with Crippen molar-refractivity contribution in [3.05, 3.63) is 24.3 Å². The lowest BCUT2D eigenvalue weighted by Crippen LogP contribution is -2.48. The van der Waals surface area contributed by atoms with Crippen LogP contribution in [0.2, 0.25) is 0 Å². The Morgan fingerprint density at radius 2 is 2.05 bits per heavy atom. The summed E-state index contributed by atoms with van der Waals surface area (Å²) >= 11 is 0. The number of carboxylic acid groups (broad SMARTS) is 1. The maximum absolute atomic E-state index is 12.4. The molecule has 2 atom stereocenters. The number of carbonyl (C=O) groups is 2. The molecule has 114 valence electrons. The standard InChI is InChI=1S/C15H19NO5/c1-3-16(8-10(2)15(18)19)14(17)13-9-20-11-6-4-5-7-12(11)21-13/h4-7,10,13H,3,8-9H2,1-2H3,(H,18,19). The van der Waals surface area contributed by atoms with E-state index in [-0.39, 0.29) is 19.1 Å². The topological polar surface area (TPSA) is 76.1 Å². The third-order valence-corrected chi connectivity index (χ3v) is 3.39. The molecule has 0 saturated heterocycles. The second-order valence-corrected chi connectivity index (χ2v) is 4.98. The van der Waals surface area contributed by atoms with Gasteiger partial charge in [0.05, 0.1) is 5.92 Å². The molecule has 1 aromatic rings.